The lowest BCUT2D eigenvalue weighted by Gasteiger charge is -2.33. The normalized spacial score (nSPS) is 20.2. The molecular formula is C19H19F2N3O2S. The first-order valence-electron chi connectivity index (χ1n) is 8.51. The molecule has 0 aliphatic carbocycles. The highest BCUT2D eigenvalue weighted by Gasteiger charge is 2.32. The van der Waals surface area contributed by atoms with E-state index in [1.165, 1.54) is 12.1 Å². The van der Waals surface area contributed by atoms with Crippen LogP contribution in [0, 0.1) is 29.9 Å². The molecule has 0 aromatic heterocycles. The molecule has 2 N–H and O–H groups in total. The molecule has 1 saturated heterocycles. The molecule has 0 spiro atoms. The first-order valence-corrected chi connectivity index (χ1v) is 9.99. The van der Waals surface area contributed by atoms with Gasteiger partial charge in [0.25, 0.3) is 0 Å². The average molecular weight is 391 g/mol. The molecule has 1 fully saturated rings. The van der Waals surface area contributed by atoms with E-state index in [4.69, 9.17) is 0 Å². The second-order valence-electron chi connectivity index (χ2n) is 6.56. The molecule has 3 rings (SSSR count). The van der Waals surface area contributed by atoms with Gasteiger partial charge in [0.15, 0.2) is 11.6 Å². The van der Waals surface area contributed by atoms with Gasteiger partial charge in [-0.3, -0.25) is 0 Å². The fourth-order valence-electron chi connectivity index (χ4n) is 3.40. The van der Waals surface area contributed by atoms with E-state index in [-0.39, 0.29) is 16.4 Å². The van der Waals surface area contributed by atoms with E-state index in [0.717, 1.165) is 12.1 Å². The third-order valence-electron chi connectivity index (χ3n) is 4.80. The van der Waals surface area contributed by atoms with Crippen molar-refractivity contribution in [3.8, 4) is 6.07 Å². The Bertz CT molecular complexity index is 1000. The summed E-state index contributed by atoms with van der Waals surface area (Å²) in [6, 6.07) is 9.65. The Kier molecular flexibility index (Phi) is 5.56. The SMILES string of the molecule is Cc1cccc(S(=O)(=O)NC2CNCCC2c2ccc(F)c(F)c2)c1C#N. The Morgan fingerprint density at radius 2 is 2.00 bits per heavy atom. The Morgan fingerprint density at radius 1 is 1.22 bits per heavy atom. The Hall–Kier alpha value is -2.34. The monoisotopic (exact) mass is 391 g/mol. The highest BCUT2D eigenvalue weighted by Crippen LogP contribution is 2.28. The van der Waals surface area contributed by atoms with Crippen LogP contribution in [0.5, 0.6) is 0 Å². The maximum Gasteiger partial charge on any atom is 0.242 e. The average Bonchev–Trinajstić information content (AvgIpc) is 2.64. The standard InChI is InChI=1S/C19H19F2N3O2S/c1-12-3-2-4-19(15(12)10-22)27(25,26)24-18-11-23-8-7-14(18)13-5-6-16(20)17(21)9-13/h2-6,9,14,18,23-24H,7-8,11H2,1H3. The molecule has 1 heterocycles. The molecule has 2 aromatic rings. The number of aryl methyl sites for hydroxylation is 1. The Balaban J connectivity index is 1.93. The van der Waals surface area contributed by atoms with Gasteiger partial charge in [-0.1, -0.05) is 18.2 Å². The number of hydrogen-bond donors (Lipinski definition) is 2. The van der Waals surface area contributed by atoms with Crippen LogP contribution in [0.1, 0.15) is 29.0 Å². The Labute approximate surface area is 157 Å². The van der Waals surface area contributed by atoms with Crippen LogP contribution in [-0.2, 0) is 10.0 Å². The van der Waals surface area contributed by atoms with Gasteiger partial charge in [-0.15, -0.1) is 0 Å². The van der Waals surface area contributed by atoms with Crippen molar-refractivity contribution in [2.45, 2.75) is 30.2 Å². The summed E-state index contributed by atoms with van der Waals surface area (Å²) in [5, 5.41) is 12.4. The van der Waals surface area contributed by atoms with E-state index in [2.05, 4.69) is 10.0 Å². The maximum absolute atomic E-state index is 13.6. The summed E-state index contributed by atoms with van der Waals surface area (Å²) in [4.78, 5) is -0.0837. The van der Waals surface area contributed by atoms with Crippen LogP contribution in [0.2, 0.25) is 0 Å². The van der Waals surface area contributed by atoms with Crippen LogP contribution in [0.15, 0.2) is 41.3 Å². The number of piperidine rings is 1. The lowest BCUT2D eigenvalue weighted by molar-refractivity contribution is 0.376. The van der Waals surface area contributed by atoms with Crippen molar-refractivity contribution >= 4 is 10.0 Å². The van der Waals surface area contributed by atoms with Crippen molar-refractivity contribution in [2.24, 2.45) is 0 Å². The minimum atomic E-state index is -3.96. The quantitative estimate of drug-likeness (QED) is 0.839. The molecule has 5 nitrogen and oxygen atoms in total. The molecule has 2 aromatic carbocycles. The van der Waals surface area contributed by atoms with Crippen LogP contribution < -0.4 is 10.0 Å². The lowest BCUT2D eigenvalue weighted by atomic mass is 9.86. The van der Waals surface area contributed by atoms with Crippen molar-refractivity contribution in [1.29, 1.82) is 5.26 Å². The van der Waals surface area contributed by atoms with Crippen molar-refractivity contribution in [1.82, 2.24) is 10.0 Å². The van der Waals surface area contributed by atoms with Crippen LogP contribution in [0.25, 0.3) is 0 Å². The zero-order valence-corrected chi connectivity index (χ0v) is 15.5. The smallest absolute Gasteiger partial charge is 0.242 e. The highest BCUT2D eigenvalue weighted by molar-refractivity contribution is 7.89. The molecule has 8 heteroatoms. The van der Waals surface area contributed by atoms with Gasteiger partial charge in [-0.05, 0) is 49.2 Å². The molecule has 2 unspecified atom stereocenters. The summed E-state index contributed by atoms with van der Waals surface area (Å²) in [7, 11) is -3.96. The second kappa shape index (κ2) is 7.72. The number of nitrogens with zero attached hydrogens (tertiary/aromatic N) is 1. The van der Waals surface area contributed by atoms with Gasteiger partial charge in [0.2, 0.25) is 10.0 Å². The highest BCUT2D eigenvalue weighted by atomic mass is 32.2. The number of nitriles is 1. The molecule has 0 saturated carbocycles. The first kappa shape index (κ1) is 19.4. The van der Waals surface area contributed by atoms with Gasteiger partial charge in [-0.2, -0.15) is 5.26 Å². The first-order chi connectivity index (χ1) is 12.8. The van der Waals surface area contributed by atoms with Gasteiger partial charge in [0, 0.05) is 18.5 Å². The number of benzene rings is 2. The van der Waals surface area contributed by atoms with E-state index >= 15 is 0 Å². The van der Waals surface area contributed by atoms with Crippen LogP contribution in [-0.4, -0.2) is 27.5 Å². The third kappa shape index (κ3) is 4.00. The summed E-state index contributed by atoms with van der Waals surface area (Å²) in [6.45, 7) is 2.65. The van der Waals surface area contributed by atoms with Gasteiger partial charge >= 0.3 is 0 Å². The van der Waals surface area contributed by atoms with Gasteiger partial charge < -0.3 is 5.32 Å². The zero-order valence-electron chi connectivity index (χ0n) is 14.7. The number of rotatable bonds is 4. The molecule has 1 aliphatic rings. The predicted molar refractivity (Wildman–Crippen MR) is 96.6 cm³/mol. The lowest BCUT2D eigenvalue weighted by Crippen LogP contribution is -2.50. The summed E-state index contributed by atoms with van der Waals surface area (Å²) in [6.07, 6.45) is 0.567. The van der Waals surface area contributed by atoms with Gasteiger partial charge in [-0.25, -0.2) is 21.9 Å². The second-order valence-corrected chi connectivity index (χ2v) is 8.24. The van der Waals surface area contributed by atoms with E-state index in [0.29, 0.717) is 30.6 Å². The summed E-state index contributed by atoms with van der Waals surface area (Å²) in [5.74, 6) is -2.22. The van der Waals surface area contributed by atoms with E-state index in [1.54, 1.807) is 19.1 Å². The molecule has 27 heavy (non-hydrogen) atoms. The van der Waals surface area contributed by atoms with Crippen molar-refractivity contribution in [3.63, 3.8) is 0 Å². The molecule has 2 atom stereocenters. The van der Waals surface area contributed by atoms with E-state index in [9.17, 15) is 22.5 Å². The molecule has 0 amide bonds. The van der Waals surface area contributed by atoms with E-state index in [1.807, 2.05) is 6.07 Å². The van der Waals surface area contributed by atoms with Crippen molar-refractivity contribution in [2.75, 3.05) is 13.1 Å². The van der Waals surface area contributed by atoms with Crippen molar-refractivity contribution < 1.29 is 17.2 Å². The molecule has 1 aliphatic heterocycles. The topological polar surface area (TPSA) is 82.0 Å². The van der Waals surface area contributed by atoms with Gasteiger partial charge in [0.1, 0.15) is 11.0 Å². The van der Waals surface area contributed by atoms with E-state index < -0.39 is 27.7 Å². The molecule has 0 bridgehead atoms. The summed E-state index contributed by atoms with van der Waals surface area (Å²) >= 11 is 0. The minimum Gasteiger partial charge on any atom is -0.315 e. The minimum absolute atomic E-state index is 0.0837. The largest absolute Gasteiger partial charge is 0.315 e. The number of nitrogens with one attached hydrogen (secondary N) is 2. The molecule has 142 valence electrons. The fraction of sp³-hybridized carbons (Fsp3) is 0.316. The Morgan fingerprint density at radius 3 is 2.70 bits per heavy atom. The van der Waals surface area contributed by atoms with Crippen LogP contribution in [0.4, 0.5) is 8.78 Å². The predicted octanol–water partition coefficient (Wildman–Crippen LogP) is 2.57. The number of sulfonamides is 1. The van der Waals surface area contributed by atoms with Crippen molar-refractivity contribution in [3.05, 3.63) is 64.7 Å². The molecule has 0 radical (unpaired) electrons. The fourth-order valence-corrected chi connectivity index (χ4v) is 4.90. The van der Waals surface area contributed by atoms with Gasteiger partial charge in [0.05, 0.1) is 5.56 Å². The van der Waals surface area contributed by atoms with Crippen LogP contribution >= 0.6 is 0 Å². The number of halogens is 2. The molecular weight excluding hydrogens is 372 g/mol. The maximum atomic E-state index is 13.6. The third-order valence-corrected chi connectivity index (χ3v) is 6.33. The summed E-state index contributed by atoms with van der Waals surface area (Å²) in [5.41, 5.74) is 1.20. The number of hydrogen-bond acceptors (Lipinski definition) is 4. The zero-order chi connectivity index (χ0) is 19.6. The van der Waals surface area contributed by atoms with Crippen LogP contribution in [0.3, 0.4) is 0 Å². The summed E-state index contributed by atoms with van der Waals surface area (Å²) < 4.78 is 55.3.